The Kier molecular flexibility index (Phi) is 8.32. The van der Waals surface area contributed by atoms with E-state index in [2.05, 4.69) is 36.3 Å². The monoisotopic (exact) mass is 532 g/mol. The van der Waals surface area contributed by atoms with Crippen LogP contribution in [0.3, 0.4) is 0 Å². The molecule has 2 aliphatic carbocycles. The van der Waals surface area contributed by atoms with Crippen molar-refractivity contribution < 1.29 is 9.53 Å². The molecule has 2 saturated carbocycles. The number of likely N-dealkylation sites (tertiary alicyclic amines) is 1. The molecule has 0 aromatic carbocycles. The lowest BCUT2D eigenvalue weighted by Crippen LogP contribution is -2.72. The van der Waals surface area contributed by atoms with Gasteiger partial charge in [-0.3, -0.25) is 9.79 Å². The first kappa shape index (κ1) is 24.1. The Morgan fingerprint density at radius 2 is 1.83 bits per heavy atom. The first-order valence-corrected chi connectivity index (χ1v) is 12.1. The molecule has 4 aliphatic rings. The fourth-order valence-corrected chi connectivity index (χ4v) is 6.23. The Balaban J connectivity index is 0.00000256. The van der Waals surface area contributed by atoms with Gasteiger partial charge < -0.3 is 20.3 Å². The molecule has 1 amide bonds. The van der Waals surface area contributed by atoms with Crippen molar-refractivity contribution in [2.24, 2.45) is 22.2 Å². The van der Waals surface area contributed by atoms with Gasteiger partial charge in [0.2, 0.25) is 5.91 Å². The largest absolute Gasteiger partial charge is 0.377 e. The molecule has 3 atom stereocenters. The molecule has 0 bridgehead atoms. The van der Waals surface area contributed by atoms with Crippen LogP contribution in [0.15, 0.2) is 4.99 Å². The number of aliphatic imine (C=N–C) groups is 1. The fraction of sp³-hybridized carbons (Fsp3) is 0.913. The number of guanidine groups is 1. The minimum absolute atomic E-state index is 0. The number of hydrogen-bond donors (Lipinski definition) is 2. The van der Waals surface area contributed by atoms with Crippen LogP contribution in [-0.4, -0.2) is 61.2 Å². The van der Waals surface area contributed by atoms with E-state index in [0.29, 0.717) is 35.4 Å². The lowest BCUT2D eigenvalue weighted by Gasteiger charge is -2.63. The summed E-state index contributed by atoms with van der Waals surface area (Å²) in [6, 6.07) is 0.907. The van der Waals surface area contributed by atoms with Crippen molar-refractivity contribution in [1.82, 2.24) is 15.5 Å². The summed E-state index contributed by atoms with van der Waals surface area (Å²) in [5.74, 6) is 2.16. The van der Waals surface area contributed by atoms with E-state index in [9.17, 15) is 4.79 Å². The number of carbonyl (C=O) groups excluding carboxylic acids is 1. The van der Waals surface area contributed by atoms with E-state index < -0.39 is 0 Å². The van der Waals surface area contributed by atoms with Crippen molar-refractivity contribution in [3.8, 4) is 0 Å². The van der Waals surface area contributed by atoms with E-state index in [1.165, 1.54) is 25.7 Å². The minimum atomic E-state index is 0. The van der Waals surface area contributed by atoms with Gasteiger partial charge in [0, 0.05) is 55.6 Å². The number of carbonyl (C=O) groups is 1. The van der Waals surface area contributed by atoms with Gasteiger partial charge in [-0.15, -0.1) is 24.0 Å². The predicted octanol–water partition coefficient (Wildman–Crippen LogP) is 3.54. The Labute approximate surface area is 199 Å². The van der Waals surface area contributed by atoms with Crippen molar-refractivity contribution >= 4 is 35.8 Å². The summed E-state index contributed by atoms with van der Waals surface area (Å²) >= 11 is 0. The number of nitrogens with one attached hydrogen (secondary N) is 2. The lowest BCUT2D eigenvalue weighted by molar-refractivity contribution is -0.171. The predicted molar refractivity (Wildman–Crippen MR) is 131 cm³/mol. The third-order valence-corrected chi connectivity index (χ3v) is 8.13. The fourth-order valence-electron chi connectivity index (χ4n) is 6.23. The number of rotatable bonds is 6. The molecule has 2 N–H and O–H groups in total. The van der Waals surface area contributed by atoms with Crippen molar-refractivity contribution in [2.45, 2.75) is 90.3 Å². The van der Waals surface area contributed by atoms with E-state index in [1.54, 1.807) is 0 Å². The summed E-state index contributed by atoms with van der Waals surface area (Å²) in [6.07, 6.45) is 9.48. The molecule has 2 heterocycles. The van der Waals surface area contributed by atoms with Crippen LogP contribution in [0.2, 0.25) is 0 Å². The molecule has 0 aromatic rings. The third kappa shape index (κ3) is 4.34. The van der Waals surface area contributed by atoms with E-state index in [4.69, 9.17) is 9.73 Å². The molecule has 172 valence electrons. The van der Waals surface area contributed by atoms with Gasteiger partial charge in [-0.2, -0.15) is 0 Å². The van der Waals surface area contributed by atoms with Crippen LogP contribution in [0, 0.1) is 17.3 Å². The molecular weight excluding hydrogens is 491 g/mol. The standard InChI is InChI=1S/C23H40N4O2.HI/c1-4-16(5-2)21(28)27-13-8-17(9-14-27)25-22(24-6-3)26-19-18-10-15-29-20(18)23(19)11-7-12-23;/h16-20H,4-15H2,1-3H3,(H2,24,25,26);1H. The van der Waals surface area contributed by atoms with Crippen molar-refractivity contribution in [1.29, 1.82) is 0 Å². The molecule has 1 spiro atoms. The molecule has 6 nitrogen and oxygen atoms in total. The van der Waals surface area contributed by atoms with Gasteiger partial charge in [0.15, 0.2) is 5.96 Å². The van der Waals surface area contributed by atoms with Gasteiger partial charge in [0.05, 0.1) is 6.10 Å². The van der Waals surface area contributed by atoms with Gasteiger partial charge in [-0.1, -0.05) is 20.3 Å². The number of hydrogen-bond acceptors (Lipinski definition) is 3. The molecule has 0 aromatic heterocycles. The highest BCUT2D eigenvalue weighted by atomic mass is 127. The lowest BCUT2D eigenvalue weighted by atomic mass is 9.46. The zero-order valence-corrected chi connectivity index (χ0v) is 21.3. The second-order valence-electron chi connectivity index (χ2n) is 9.53. The van der Waals surface area contributed by atoms with Crippen LogP contribution < -0.4 is 10.6 Å². The number of halogens is 1. The van der Waals surface area contributed by atoms with Crippen molar-refractivity contribution in [2.75, 3.05) is 26.2 Å². The number of fused-ring (bicyclic) bond motifs is 2. The molecular formula is C23H41IN4O2. The SMILES string of the molecule is CCN=C(NC1CCN(C(=O)C(CC)CC)CC1)NC1C2CCOC2C12CCC2.I. The van der Waals surface area contributed by atoms with E-state index >= 15 is 0 Å². The summed E-state index contributed by atoms with van der Waals surface area (Å²) in [7, 11) is 0. The Morgan fingerprint density at radius 1 is 1.13 bits per heavy atom. The van der Waals surface area contributed by atoms with Crippen LogP contribution >= 0.6 is 24.0 Å². The van der Waals surface area contributed by atoms with Crippen LogP contribution in [0.5, 0.6) is 0 Å². The number of ether oxygens (including phenoxy) is 1. The van der Waals surface area contributed by atoms with Crippen LogP contribution in [0.4, 0.5) is 0 Å². The molecule has 30 heavy (non-hydrogen) atoms. The normalized spacial score (nSPS) is 30.3. The Bertz CT molecular complexity index is 612. The first-order chi connectivity index (χ1) is 14.1. The molecule has 2 aliphatic heterocycles. The summed E-state index contributed by atoms with van der Waals surface area (Å²) < 4.78 is 6.07. The van der Waals surface area contributed by atoms with Gasteiger partial charge >= 0.3 is 0 Å². The third-order valence-electron chi connectivity index (χ3n) is 8.13. The van der Waals surface area contributed by atoms with Crippen LogP contribution in [0.1, 0.15) is 72.1 Å². The van der Waals surface area contributed by atoms with Gasteiger partial charge in [0.25, 0.3) is 0 Å². The average molecular weight is 533 g/mol. The zero-order valence-electron chi connectivity index (χ0n) is 19.0. The summed E-state index contributed by atoms with van der Waals surface area (Å²) in [5, 5.41) is 7.51. The maximum atomic E-state index is 12.7. The number of nitrogens with zero attached hydrogens (tertiary/aromatic N) is 2. The van der Waals surface area contributed by atoms with E-state index in [1.807, 2.05) is 0 Å². The smallest absolute Gasteiger partial charge is 0.225 e. The molecule has 3 unspecified atom stereocenters. The highest BCUT2D eigenvalue weighted by Gasteiger charge is 2.66. The summed E-state index contributed by atoms with van der Waals surface area (Å²) in [5.41, 5.74) is 0.364. The second-order valence-corrected chi connectivity index (χ2v) is 9.53. The Hall–Kier alpha value is -0.570. The molecule has 4 rings (SSSR count). The summed E-state index contributed by atoms with van der Waals surface area (Å²) in [6.45, 7) is 9.76. The number of piperidine rings is 1. The minimum Gasteiger partial charge on any atom is -0.377 e. The van der Waals surface area contributed by atoms with Gasteiger partial charge in [-0.25, -0.2) is 0 Å². The molecule has 0 radical (unpaired) electrons. The van der Waals surface area contributed by atoms with E-state index in [-0.39, 0.29) is 29.9 Å². The molecule has 2 saturated heterocycles. The quantitative estimate of drug-likeness (QED) is 0.312. The molecule has 7 heteroatoms. The van der Waals surface area contributed by atoms with Gasteiger partial charge in [-0.05, 0) is 51.9 Å². The van der Waals surface area contributed by atoms with Crippen molar-refractivity contribution in [3.63, 3.8) is 0 Å². The van der Waals surface area contributed by atoms with Crippen molar-refractivity contribution in [3.05, 3.63) is 0 Å². The highest BCUT2D eigenvalue weighted by molar-refractivity contribution is 14.0. The van der Waals surface area contributed by atoms with Crippen LogP contribution in [0.25, 0.3) is 0 Å². The maximum absolute atomic E-state index is 12.7. The Morgan fingerprint density at radius 3 is 2.40 bits per heavy atom. The second kappa shape index (κ2) is 10.4. The van der Waals surface area contributed by atoms with E-state index in [0.717, 1.165) is 57.9 Å². The van der Waals surface area contributed by atoms with Gasteiger partial charge in [0.1, 0.15) is 0 Å². The van der Waals surface area contributed by atoms with Crippen LogP contribution in [-0.2, 0) is 9.53 Å². The first-order valence-electron chi connectivity index (χ1n) is 12.1. The average Bonchev–Trinajstić information content (AvgIpc) is 3.11. The maximum Gasteiger partial charge on any atom is 0.225 e. The number of amides is 1. The topological polar surface area (TPSA) is 66.0 Å². The summed E-state index contributed by atoms with van der Waals surface area (Å²) in [4.78, 5) is 19.5. The zero-order chi connectivity index (χ0) is 20.4. The highest BCUT2D eigenvalue weighted by Crippen LogP contribution is 2.62. The molecule has 4 fully saturated rings.